The fourth-order valence-corrected chi connectivity index (χ4v) is 2.37. The van der Waals surface area contributed by atoms with Gasteiger partial charge in [0.25, 0.3) is 0 Å². The van der Waals surface area contributed by atoms with Crippen molar-refractivity contribution in [3.63, 3.8) is 0 Å². The Hall–Kier alpha value is -1.94. The van der Waals surface area contributed by atoms with Crippen molar-refractivity contribution in [1.29, 1.82) is 0 Å². The molecule has 0 saturated heterocycles. The average molecular weight is 288 g/mol. The molecule has 2 aromatic rings. The van der Waals surface area contributed by atoms with Crippen LogP contribution in [0, 0.1) is 11.6 Å². The van der Waals surface area contributed by atoms with E-state index in [0.717, 1.165) is 24.2 Å². The summed E-state index contributed by atoms with van der Waals surface area (Å²) in [6.07, 6.45) is 2.33. The third-order valence-electron chi connectivity index (χ3n) is 3.81. The molecule has 110 valence electrons. The molecule has 4 heteroatoms. The largest absolute Gasteiger partial charge is 0.344 e. The van der Waals surface area contributed by atoms with Crippen molar-refractivity contribution in [1.82, 2.24) is 5.32 Å². The van der Waals surface area contributed by atoms with Crippen LogP contribution in [0.15, 0.2) is 42.5 Å². The first-order chi connectivity index (χ1) is 10.1. The van der Waals surface area contributed by atoms with Crippen LogP contribution in [0.25, 0.3) is 0 Å². The average Bonchev–Trinajstić information content (AvgIpc) is 3.30. The van der Waals surface area contributed by atoms with Crippen LogP contribution in [0.2, 0.25) is 0 Å². The van der Waals surface area contributed by atoms with Gasteiger partial charge < -0.3 is 10.2 Å². The SMILES string of the molecule is CN(c1ccc(F)cc1)c1cccc(F)c1CNC1CC1. The van der Waals surface area contributed by atoms with Gasteiger partial charge in [-0.2, -0.15) is 0 Å². The minimum absolute atomic E-state index is 0.213. The molecule has 3 rings (SSSR count). The zero-order chi connectivity index (χ0) is 14.8. The standard InChI is InChI=1S/C17H18F2N2/c1-21(14-9-5-12(18)6-10-14)17-4-2-3-16(19)15(17)11-20-13-7-8-13/h2-6,9-10,13,20H,7-8,11H2,1H3. The summed E-state index contributed by atoms with van der Waals surface area (Å²) in [5.74, 6) is -0.489. The number of hydrogen-bond donors (Lipinski definition) is 1. The van der Waals surface area contributed by atoms with Gasteiger partial charge in [-0.15, -0.1) is 0 Å². The van der Waals surface area contributed by atoms with Gasteiger partial charge in [-0.25, -0.2) is 8.78 Å². The molecular formula is C17H18F2N2. The Kier molecular flexibility index (Phi) is 3.88. The normalized spacial score (nSPS) is 14.2. The highest BCUT2D eigenvalue weighted by atomic mass is 19.1. The van der Waals surface area contributed by atoms with Crippen molar-refractivity contribution in [2.75, 3.05) is 11.9 Å². The molecule has 0 unspecified atom stereocenters. The lowest BCUT2D eigenvalue weighted by molar-refractivity contribution is 0.587. The third kappa shape index (κ3) is 3.22. The highest BCUT2D eigenvalue weighted by Gasteiger charge is 2.22. The van der Waals surface area contributed by atoms with E-state index in [2.05, 4.69) is 5.32 Å². The summed E-state index contributed by atoms with van der Waals surface area (Å²) in [6.45, 7) is 0.512. The molecule has 0 spiro atoms. The van der Waals surface area contributed by atoms with Crippen molar-refractivity contribution in [3.8, 4) is 0 Å². The van der Waals surface area contributed by atoms with Crippen LogP contribution >= 0.6 is 0 Å². The van der Waals surface area contributed by atoms with Gasteiger partial charge in [0, 0.05) is 36.6 Å². The Morgan fingerprint density at radius 3 is 2.48 bits per heavy atom. The second-order valence-electron chi connectivity index (χ2n) is 5.43. The second kappa shape index (κ2) is 5.82. The van der Waals surface area contributed by atoms with Gasteiger partial charge >= 0.3 is 0 Å². The fourth-order valence-electron chi connectivity index (χ4n) is 2.37. The third-order valence-corrected chi connectivity index (χ3v) is 3.81. The molecule has 0 bridgehead atoms. The molecule has 2 nitrogen and oxygen atoms in total. The molecule has 0 aliphatic heterocycles. The van der Waals surface area contributed by atoms with E-state index in [4.69, 9.17) is 0 Å². The van der Waals surface area contributed by atoms with Crippen molar-refractivity contribution in [3.05, 3.63) is 59.7 Å². The van der Waals surface area contributed by atoms with Crippen LogP contribution in [-0.4, -0.2) is 13.1 Å². The van der Waals surface area contributed by atoms with Gasteiger partial charge in [0.05, 0.1) is 0 Å². The van der Waals surface area contributed by atoms with Gasteiger partial charge in [-0.1, -0.05) is 6.07 Å². The van der Waals surface area contributed by atoms with E-state index in [-0.39, 0.29) is 11.6 Å². The van der Waals surface area contributed by atoms with Crippen LogP contribution < -0.4 is 10.2 Å². The summed E-state index contributed by atoms with van der Waals surface area (Å²) < 4.78 is 27.2. The van der Waals surface area contributed by atoms with Crippen molar-refractivity contribution in [2.45, 2.75) is 25.4 Å². The molecule has 1 N–H and O–H groups in total. The number of halogens is 2. The molecule has 1 fully saturated rings. The van der Waals surface area contributed by atoms with E-state index in [1.165, 1.54) is 18.2 Å². The Bertz CT molecular complexity index is 621. The van der Waals surface area contributed by atoms with E-state index in [0.29, 0.717) is 18.2 Å². The summed E-state index contributed by atoms with van der Waals surface area (Å²) in [6, 6.07) is 11.8. The molecule has 1 aliphatic rings. The van der Waals surface area contributed by atoms with Crippen LogP contribution in [0.5, 0.6) is 0 Å². The van der Waals surface area contributed by atoms with Gasteiger partial charge in [-0.3, -0.25) is 0 Å². The molecule has 0 radical (unpaired) electrons. The van der Waals surface area contributed by atoms with Crippen LogP contribution in [-0.2, 0) is 6.54 Å². The number of anilines is 2. The molecular weight excluding hydrogens is 270 g/mol. The summed E-state index contributed by atoms with van der Waals surface area (Å²) >= 11 is 0. The molecule has 2 aromatic carbocycles. The lowest BCUT2D eigenvalue weighted by Gasteiger charge is -2.23. The lowest BCUT2D eigenvalue weighted by Crippen LogP contribution is -2.20. The molecule has 0 amide bonds. The Balaban J connectivity index is 1.88. The van der Waals surface area contributed by atoms with Crippen molar-refractivity contribution in [2.24, 2.45) is 0 Å². The predicted octanol–water partition coefficient (Wildman–Crippen LogP) is 3.98. The van der Waals surface area contributed by atoms with Gasteiger partial charge in [-0.05, 0) is 49.2 Å². The van der Waals surface area contributed by atoms with E-state index in [9.17, 15) is 8.78 Å². The van der Waals surface area contributed by atoms with E-state index < -0.39 is 0 Å². The quantitative estimate of drug-likeness (QED) is 0.895. The zero-order valence-electron chi connectivity index (χ0n) is 11.9. The van der Waals surface area contributed by atoms with Crippen molar-refractivity contribution >= 4 is 11.4 Å². The highest BCUT2D eigenvalue weighted by molar-refractivity contribution is 5.65. The smallest absolute Gasteiger partial charge is 0.129 e. The molecule has 0 atom stereocenters. The Morgan fingerprint density at radius 2 is 1.81 bits per heavy atom. The maximum Gasteiger partial charge on any atom is 0.129 e. The van der Waals surface area contributed by atoms with E-state index in [1.807, 2.05) is 18.0 Å². The van der Waals surface area contributed by atoms with E-state index in [1.54, 1.807) is 18.2 Å². The number of rotatable bonds is 5. The molecule has 1 saturated carbocycles. The number of nitrogens with zero attached hydrogens (tertiary/aromatic N) is 1. The maximum absolute atomic E-state index is 14.1. The second-order valence-corrected chi connectivity index (χ2v) is 5.43. The van der Waals surface area contributed by atoms with Crippen LogP contribution in [0.3, 0.4) is 0 Å². The molecule has 0 heterocycles. The van der Waals surface area contributed by atoms with Gasteiger partial charge in [0.15, 0.2) is 0 Å². The number of benzene rings is 2. The Labute approximate surface area is 123 Å². The first-order valence-corrected chi connectivity index (χ1v) is 7.15. The highest BCUT2D eigenvalue weighted by Crippen LogP contribution is 2.29. The van der Waals surface area contributed by atoms with E-state index >= 15 is 0 Å². The van der Waals surface area contributed by atoms with Crippen LogP contribution in [0.1, 0.15) is 18.4 Å². The first kappa shape index (κ1) is 14.0. The fraction of sp³-hybridized carbons (Fsp3) is 0.294. The maximum atomic E-state index is 14.1. The number of hydrogen-bond acceptors (Lipinski definition) is 2. The molecule has 1 aliphatic carbocycles. The zero-order valence-corrected chi connectivity index (χ0v) is 11.9. The minimum atomic E-state index is -0.276. The number of nitrogens with one attached hydrogen (secondary N) is 1. The minimum Gasteiger partial charge on any atom is -0.344 e. The summed E-state index contributed by atoms with van der Waals surface area (Å²) in [4.78, 5) is 1.88. The predicted molar refractivity (Wildman–Crippen MR) is 80.7 cm³/mol. The van der Waals surface area contributed by atoms with Crippen molar-refractivity contribution < 1.29 is 8.78 Å². The summed E-state index contributed by atoms with van der Waals surface area (Å²) in [5, 5.41) is 3.34. The lowest BCUT2D eigenvalue weighted by atomic mass is 10.1. The monoisotopic (exact) mass is 288 g/mol. The summed E-state index contributed by atoms with van der Waals surface area (Å²) in [7, 11) is 1.86. The summed E-state index contributed by atoms with van der Waals surface area (Å²) in [5.41, 5.74) is 2.28. The molecule has 0 aromatic heterocycles. The van der Waals surface area contributed by atoms with Gasteiger partial charge in [0.2, 0.25) is 0 Å². The van der Waals surface area contributed by atoms with Crippen LogP contribution in [0.4, 0.5) is 20.2 Å². The molecule has 21 heavy (non-hydrogen) atoms. The van der Waals surface area contributed by atoms with Gasteiger partial charge in [0.1, 0.15) is 11.6 Å². The topological polar surface area (TPSA) is 15.3 Å². The first-order valence-electron chi connectivity index (χ1n) is 7.15. The Morgan fingerprint density at radius 1 is 1.10 bits per heavy atom.